The van der Waals surface area contributed by atoms with Crippen LogP contribution < -0.4 is 5.32 Å². The van der Waals surface area contributed by atoms with Gasteiger partial charge in [-0.1, -0.05) is 6.07 Å². The Kier molecular flexibility index (Phi) is 4.09. The van der Waals surface area contributed by atoms with Gasteiger partial charge in [-0.25, -0.2) is 9.07 Å². The number of carboxylic acids is 1. The lowest BCUT2D eigenvalue weighted by Gasteiger charge is -2.09. The molecule has 1 aliphatic rings. The molecule has 1 aromatic carbocycles. The first-order chi connectivity index (χ1) is 11.4. The summed E-state index contributed by atoms with van der Waals surface area (Å²) in [4.78, 5) is 23.3. The number of nitrogens with one attached hydrogen (secondary N) is 1. The van der Waals surface area contributed by atoms with E-state index in [2.05, 4.69) is 10.4 Å². The summed E-state index contributed by atoms with van der Waals surface area (Å²) in [6.07, 6.45) is 2.24. The van der Waals surface area contributed by atoms with E-state index in [9.17, 15) is 14.0 Å². The van der Waals surface area contributed by atoms with E-state index in [0.717, 1.165) is 23.2 Å². The molecule has 0 saturated carbocycles. The van der Waals surface area contributed by atoms with E-state index in [0.29, 0.717) is 18.5 Å². The average Bonchev–Trinajstić information content (AvgIpc) is 3.09. The molecule has 0 saturated heterocycles. The zero-order chi connectivity index (χ0) is 17.4. The summed E-state index contributed by atoms with van der Waals surface area (Å²) in [5, 5.41) is 15.6. The molecule has 0 spiro atoms. The molecule has 0 fully saturated rings. The minimum atomic E-state index is -1.12. The van der Waals surface area contributed by atoms with Gasteiger partial charge in [-0.05, 0) is 50.8 Å². The Morgan fingerprint density at radius 1 is 1.38 bits per heavy atom. The van der Waals surface area contributed by atoms with Crippen molar-refractivity contribution in [1.29, 1.82) is 0 Å². The number of halogens is 1. The molecule has 0 aliphatic heterocycles. The quantitative estimate of drug-likeness (QED) is 0.897. The van der Waals surface area contributed by atoms with E-state index in [1.807, 2.05) is 0 Å². The zero-order valence-corrected chi connectivity index (χ0v) is 13.5. The molecule has 1 atom stereocenters. The van der Waals surface area contributed by atoms with Crippen LogP contribution in [0.3, 0.4) is 0 Å². The Morgan fingerprint density at radius 3 is 2.79 bits per heavy atom. The summed E-state index contributed by atoms with van der Waals surface area (Å²) in [5.41, 5.74) is 2.85. The number of nitrogens with zero attached hydrogens (tertiary/aromatic N) is 2. The molecule has 24 heavy (non-hydrogen) atoms. The van der Waals surface area contributed by atoms with Crippen LogP contribution in [0.2, 0.25) is 0 Å². The number of amides is 1. The highest BCUT2D eigenvalue weighted by Gasteiger charge is 2.29. The van der Waals surface area contributed by atoms with E-state index in [1.165, 1.54) is 17.7 Å². The first kappa shape index (κ1) is 16.2. The average molecular weight is 331 g/mol. The lowest BCUT2D eigenvalue weighted by Crippen LogP contribution is -2.38. The second-order valence-corrected chi connectivity index (χ2v) is 6.03. The molecule has 2 aromatic rings. The van der Waals surface area contributed by atoms with Crippen LogP contribution in [0.5, 0.6) is 0 Å². The first-order valence-corrected chi connectivity index (χ1v) is 7.79. The summed E-state index contributed by atoms with van der Waals surface area (Å²) in [6.45, 7) is 3.18. The largest absolute Gasteiger partial charge is 0.480 e. The Balaban J connectivity index is 2.02. The fourth-order valence-corrected chi connectivity index (χ4v) is 2.93. The molecular weight excluding hydrogens is 313 g/mol. The lowest BCUT2D eigenvalue weighted by molar-refractivity contribution is -0.138. The molecule has 1 aliphatic carbocycles. The second-order valence-electron chi connectivity index (χ2n) is 6.03. The number of aliphatic carboxylic acids is 1. The van der Waals surface area contributed by atoms with Gasteiger partial charge in [0.15, 0.2) is 5.69 Å². The van der Waals surface area contributed by atoms with Crippen molar-refractivity contribution in [3.8, 4) is 5.69 Å². The van der Waals surface area contributed by atoms with Crippen molar-refractivity contribution < 1.29 is 19.1 Å². The Labute approximate surface area is 138 Å². The Hall–Kier alpha value is -2.70. The van der Waals surface area contributed by atoms with Gasteiger partial charge in [-0.15, -0.1) is 0 Å². The molecule has 1 aromatic heterocycles. The van der Waals surface area contributed by atoms with Gasteiger partial charge in [0.05, 0.1) is 0 Å². The molecule has 0 radical (unpaired) electrons. The molecule has 2 N–H and O–H groups in total. The van der Waals surface area contributed by atoms with Gasteiger partial charge in [0.2, 0.25) is 0 Å². The lowest BCUT2D eigenvalue weighted by atomic mass is 10.2. The van der Waals surface area contributed by atoms with Crippen molar-refractivity contribution in [2.24, 2.45) is 0 Å². The molecule has 3 rings (SSSR count). The first-order valence-electron chi connectivity index (χ1n) is 7.79. The standard InChI is InChI=1S/C17H18FN3O3/c1-9-6-7-14(12(18)8-9)21-13-5-3-4-11(13)15(20-21)16(22)19-10(2)17(23)24/h6-8,10H,3-5H2,1-2H3,(H,19,22)(H,23,24)/t10-/m0/s1. The third-order valence-electron chi connectivity index (χ3n) is 4.19. The van der Waals surface area contributed by atoms with Crippen LogP contribution in [0.25, 0.3) is 5.69 Å². The van der Waals surface area contributed by atoms with E-state index in [-0.39, 0.29) is 5.69 Å². The highest BCUT2D eigenvalue weighted by molar-refractivity contribution is 5.96. The van der Waals surface area contributed by atoms with Gasteiger partial charge in [0, 0.05) is 11.3 Å². The van der Waals surface area contributed by atoms with Crippen molar-refractivity contribution >= 4 is 11.9 Å². The highest BCUT2D eigenvalue weighted by atomic mass is 19.1. The number of fused-ring (bicyclic) bond motifs is 1. The van der Waals surface area contributed by atoms with Crippen LogP contribution in [0, 0.1) is 12.7 Å². The number of carbonyl (C=O) groups excluding carboxylic acids is 1. The van der Waals surface area contributed by atoms with Crippen molar-refractivity contribution in [3.63, 3.8) is 0 Å². The number of carboxylic acid groups (broad SMARTS) is 1. The van der Waals surface area contributed by atoms with Crippen LogP contribution in [0.1, 0.15) is 40.7 Å². The van der Waals surface area contributed by atoms with Gasteiger partial charge < -0.3 is 10.4 Å². The van der Waals surface area contributed by atoms with Crippen LogP contribution in [-0.4, -0.2) is 32.8 Å². The monoisotopic (exact) mass is 331 g/mol. The molecular formula is C17H18FN3O3. The summed E-state index contributed by atoms with van der Waals surface area (Å²) < 4.78 is 15.8. The number of carbonyl (C=O) groups is 2. The third-order valence-corrected chi connectivity index (χ3v) is 4.19. The summed E-state index contributed by atoms with van der Waals surface area (Å²) >= 11 is 0. The van der Waals surface area contributed by atoms with Crippen LogP contribution in [0.15, 0.2) is 18.2 Å². The minimum Gasteiger partial charge on any atom is -0.480 e. The molecule has 7 heteroatoms. The number of hydrogen-bond donors (Lipinski definition) is 2. The Bertz CT molecular complexity index is 829. The van der Waals surface area contributed by atoms with Gasteiger partial charge in [-0.3, -0.25) is 9.59 Å². The number of hydrogen-bond acceptors (Lipinski definition) is 3. The fraction of sp³-hybridized carbons (Fsp3) is 0.353. The van der Waals surface area contributed by atoms with Crippen LogP contribution in [-0.2, 0) is 17.6 Å². The molecule has 0 unspecified atom stereocenters. The van der Waals surface area contributed by atoms with Gasteiger partial charge in [0.25, 0.3) is 5.91 Å². The molecule has 126 valence electrons. The van der Waals surface area contributed by atoms with E-state index in [1.54, 1.807) is 19.1 Å². The highest BCUT2D eigenvalue weighted by Crippen LogP contribution is 2.29. The predicted octanol–water partition coefficient (Wildman–Crippen LogP) is 2.01. The second kappa shape index (κ2) is 6.07. The molecule has 1 amide bonds. The maximum atomic E-state index is 14.3. The van der Waals surface area contributed by atoms with Crippen molar-refractivity contribution in [2.45, 2.75) is 39.2 Å². The van der Waals surface area contributed by atoms with E-state index >= 15 is 0 Å². The van der Waals surface area contributed by atoms with Gasteiger partial charge >= 0.3 is 5.97 Å². The predicted molar refractivity (Wildman–Crippen MR) is 84.8 cm³/mol. The van der Waals surface area contributed by atoms with E-state index < -0.39 is 23.7 Å². The van der Waals surface area contributed by atoms with Crippen LogP contribution >= 0.6 is 0 Å². The zero-order valence-electron chi connectivity index (χ0n) is 13.5. The summed E-state index contributed by atoms with van der Waals surface area (Å²) in [7, 11) is 0. The maximum Gasteiger partial charge on any atom is 0.325 e. The third kappa shape index (κ3) is 2.77. The normalized spacial score (nSPS) is 14.3. The maximum absolute atomic E-state index is 14.3. The van der Waals surface area contributed by atoms with Crippen LogP contribution in [0.4, 0.5) is 4.39 Å². The van der Waals surface area contributed by atoms with Gasteiger partial charge in [-0.2, -0.15) is 5.10 Å². The molecule has 6 nitrogen and oxygen atoms in total. The summed E-state index contributed by atoms with van der Waals surface area (Å²) in [6, 6.07) is 3.83. The smallest absolute Gasteiger partial charge is 0.325 e. The topological polar surface area (TPSA) is 84.2 Å². The number of aryl methyl sites for hydroxylation is 1. The molecule has 0 bridgehead atoms. The number of benzene rings is 1. The number of aromatic nitrogens is 2. The Morgan fingerprint density at radius 2 is 2.12 bits per heavy atom. The van der Waals surface area contributed by atoms with Crippen molar-refractivity contribution in [3.05, 3.63) is 46.5 Å². The minimum absolute atomic E-state index is 0.176. The van der Waals surface area contributed by atoms with Crippen molar-refractivity contribution in [1.82, 2.24) is 15.1 Å². The van der Waals surface area contributed by atoms with Gasteiger partial charge in [0.1, 0.15) is 17.5 Å². The number of rotatable bonds is 4. The summed E-state index contributed by atoms with van der Waals surface area (Å²) in [5.74, 6) is -2.07. The van der Waals surface area contributed by atoms with Crippen molar-refractivity contribution in [2.75, 3.05) is 0 Å². The fourth-order valence-electron chi connectivity index (χ4n) is 2.93. The molecule has 1 heterocycles. The SMILES string of the molecule is Cc1ccc(-n2nc(C(=O)N[C@@H](C)C(=O)O)c3c2CCC3)c(F)c1. The van der Waals surface area contributed by atoms with E-state index in [4.69, 9.17) is 5.11 Å².